The topological polar surface area (TPSA) is 64.0 Å². The monoisotopic (exact) mass is 896 g/mol. The summed E-state index contributed by atoms with van der Waals surface area (Å²) in [6.07, 6.45) is -0.392. The summed E-state index contributed by atoms with van der Waals surface area (Å²) in [6, 6.07) is 81.8. The van der Waals surface area contributed by atoms with Gasteiger partial charge in [0.15, 0.2) is 5.84 Å². The predicted octanol–water partition coefficient (Wildman–Crippen LogP) is 15.3. The molecule has 4 heterocycles. The fourth-order valence-corrected chi connectivity index (χ4v) is 11.8. The van der Waals surface area contributed by atoms with Gasteiger partial charge in [0, 0.05) is 49.5 Å². The lowest BCUT2D eigenvalue weighted by atomic mass is 9.66. The number of ether oxygens (including phenoxy) is 1. The number of aliphatic imine (C=N–C) groups is 2. The Bertz CT molecular complexity index is 4120. The molecule has 0 saturated heterocycles. The quantitative estimate of drug-likeness (QED) is 0.187. The van der Waals surface area contributed by atoms with Gasteiger partial charge in [-0.15, -0.1) is 0 Å². The Morgan fingerprint density at radius 3 is 1.74 bits per heavy atom. The number of fused-ring (bicyclic) bond motifs is 15. The highest BCUT2D eigenvalue weighted by Gasteiger charge is 2.51. The highest BCUT2D eigenvalue weighted by atomic mass is 16.5. The first-order chi connectivity index (χ1) is 34.7. The Morgan fingerprint density at radius 2 is 1.00 bits per heavy atom. The van der Waals surface area contributed by atoms with Gasteiger partial charge in [-0.3, -0.25) is 0 Å². The fraction of sp³-hybridized carbons (Fsp3) is 0.0312. The summed E-state index contributed by atoms with van der Waals surface area (Å²) in [7, 11) is 0. The number of nitrogens with one attached hydrogen (secondary N) is 1. The van der Waals surface area contributed by atoms with E-state index in [4.69, 9.17) is 19.1 Å². The maximum absolute atomic E-state index is 7.19. The van der Waals surface area contributed by atoms with Gasteiger partial charge in [-0.25, -0.2) is 9.98 Å². The van der Waals surface area contributed by atoms with Crippen molar-refractivity contribution in [2.24, 2.45) is 9.98 Å². The van der Waals surface area contributed by atoms with E-state index < -0.39 is 11.6 Å². The molecular weight excluding hydrogens is 857 g/mol. The van der Waals surface area contributed by atoms with E-state index in [9.17, 15) is 0 Å². The molecule has 0 amide bonds. The molecule has 70 heavy (non-hydrogen) atoms. The lowest BCUT2D eigenvalue weighted by Gasteiger charge is -2.39. The minimum atomic E-state index is -0.579. The molecule has 2 aliphatic heterocycles. The zero-order valence-electron chi connectivity index (χ0n) is 37.7. The van der Waals surface area contributed by atoms with Crippen LogP contribution >= 0.6 is 0 Å². The van der Waals surface area contributed by atoms with Gasteiger partial charge < -0.3 is 19.0 Å². The smallest absolute Gasteiger partial charge is 0.159 e. The number of aromatic nitrogens is 1. The Kier molecular flexibility index (Phi) is 8.24. The summed E-state index contributed by atoms with van der Waals surface area (Å²) in [6.45, 7) is 0. The van der Waals surface area contributed by atoms with Crippen molar-refractivity contribution < 1.29 is 9.15 Å². The second kappa shape index (κ2) is 14.9. The number of amidine groups is 2. The van der Waals surface area contributed by atoms with Crippen LogP contribution in [0.1, 0.15) is 45.1 Å². The van der Waals surface area contributed by atoms with E-state index in [0.717, 1.165) is 89.1 Å². The maximum atomic E-state index is 7.19. The van der Waals surface area contributed by atoms with Crippen LogP contribution in [0.4, 0.5) is 0 Å². The highest BCUT2D eigenvalue weighted by Crippen LogP contribution is 2.62. The van der Waals surface area contributed by atoms with Crippen LogP contribution in [0.15, 0.2) is 245 Å². The minimum Gasteiger partial charge on any atom is -0.457 e. The van der Waals surface area contributed by atoms with Crippen LogP contribution in [-0.4, -0.2) is 16.2 Å². The largest absolute Gasteiger partial charge is 0.457 e. The molecule has 1 aliphatic carbocycles. The average Bonchev–Trinajstić information content (AvgIpc) is 4.09. The van der Waals surface area contributed by atoms with E-state index in [2.05, 4.69) is 234 Å². The van der Waals surface area contributed by atoms with Crippen molar-refractivity contribution in [1.29, 1.82) is 0 Å². The van der Waals surface area contributed by atoms with Crippen LogP contribution in [-0.2, 0) is 5.41 Å². The Morgan fingerprint density at radius 1 is 0.429 bits per heavy atom. The summed E-state index contributed by atoms with van der Waals surface area (Å²) in [5, 5.41) is 8.21. The van der Waals surface area contributed by atoms with E-state index in [-0.39, 0.29) is 0 Å². The Labute approximate surface area is 403 Å². The molecule has 0 radical (unpaired) electrons. The SMILES string of the molecule is c1ccc(C2N=C(c3cccc(-n4c5ccccc5c5ccccc54)c3)N=C(c3cccc4c3oc3c(-c5ccc6c(c5)C5(c7ccccc7O6)c6ccccc6-c6ccccc65)cccc34)N2)cc1. The van der Waals surface area contributed by atoms with Crippen LogP contribution in [0.3, 0.4) is 0 Å². The van der Waals surface area contributed by atoms with Crippen LogP contribution in [0, 0.1) is 0 Å². The Balaban J connectivity index is 0.887. The molecule has 328 valence electrons. The van der Waals surface area contributed by atoms with Crippen LogP contribution in [0.25, 0.3) is 71.7 Å². The van der Waals surface area contributed by atoms with E-state index in [1.807, 2.05) is 6.07 Å². The minimum absolute atomic E-state index is 0.392. The van der Waals surface area contributed by atoms with Gasteiger partial charge in [-0.2, -0.15) is 0 Å². The first-order valence-corrected chi connectivity index (χ1v) is 23.8. The van der Waals surface area contributed by atoms with Crippen molar-refractivity contribution >= 4 is 55.4 Å². The molecule has 6 heteroatoms. The molecule has 15 rings (SSSR count). The van der Waals surface area contributed by atoms with E-state index in [0.29, 0.717) is 11.7 Å². The van der Waals surface area contributed by atoms with Crippen LogP contribution < -0.4 is 10.1 Å². The van der Waals surface area contributed by atoms with Gasteiger partial charge in [-0.05, 0) is 81.9 Å². The number of hydrogen-bond donors (Lipinski definition) is 1. The van der Waals surface area contributed by atoms with Crippen molar-refractivity contribution in [2.75, 3.05) is 0 Å². The van der Waals surface area contributed by atoms with Crippen molar-refractivity contribution in [1.82, 2.24) is 9.88 Å². The van der Waals surface area contributed by atoms with E-state index in [1.54, 1.807) is 0 Å². The molecule has 0 fully saturated rings. The molecule has 1 spiro atoms. The van der Waals surface area contributed by atoms with Crippen molar-refractivity contribution in [3.63, 3.8) is 0 Å². The summed E-state index contributed by atoms with van der Waals surface area (Å²) in [4.78, 5) is 10.7. The predicted molar refractivity (Wildman–Crippen MR) is 283 cm³/mol. The third kappa shape index (κ3) is 5.50. The number of para-hydroxylation sites is 5. The zero-order valence-corrected chi connectivity index (χ0v) is 37.7. The molecular formula is C64H40N4O2. The lowest BCUT2D eigenvalue weighted by molar-refractivity contribution is 0.436. The molecule has 1 unspecified atom stereocenters. The lowest BCUT2D eigenvalue weighted by Crippen LogP contribution is -2.33. The summed E-state index contributed by atoms with van der Waals surface area (Å²) in [5.41, 5.74) is 16.5. The summed E-state index contributed by atoms with van der Waals surface area (Å²) < 4.78 is 16.3. The standard InChI is InChI=1S/C64H40N4O2/c1-2-17-39(18-3-1)61-65-62(41-19-14-20-42(37-41)68-55-32-11-6-23-46(55)47-24-7-12-33-56(47)68)67-63(66-61)50-28-16-27-49-48-26-15-25-43(59(48)70-60(49)50)40-35-36-58-54(38-40)64(53-31-10-13-34-57(53)69-58)51-29-8-4-21-44(51)45-22-5-9-30-52(45)64/h1-38,61H,(H,65,66,67). The number of furan rings is 1. The first-order valence-electron chi connectivity index (χ1n) is 23.8. The Hall–Kier alpha value is -9.26. The molecule has 6 nitrogen and oxygen atoms in total. The molecule has 0 bridgehead atoms. The molecule has 0 saturated carbocycles. The number of hydrogen-bond acceptors (Lipinski definition) is 5. The molecule has 1 N–H and O–H groups in total. The maximum Gasteiger partial charge on any atom is 0.159 e. The van der Waals surface area contributed by atoms with Crippen LogP contribution in [0.5, 0.6) is 11.5 Å². The van der Waals surface area contributed by atoms with Crippen LogP contribution in [0.2, 0.25) is 0 Å². The molecule has 1 atom stereocenters. The molecule has 3 aliphatic rings. The van der Waals surface area contributed by atoms with E-state index in [1.165, 1.54) is 33.0 Å². The normalized spacial score (nSPS) is 15.2. The summed E-state index contributed by atoms with van der Waals surface area (Å²) in [5.74, 6) is 3.05. The van der Waals surface area contributed by atoms with Gasteiger partial charge in [0.2, 0.25) is 0 Å². The van der Waals surface area contributed by atoms with Crippen molar-refractivity contribution in [2.45, 2.75) is 11.6 Å². The summed E-state index contributed by atoms with van der Waals surface area (Å²) >= 11 is 0. The number of nitrogens with zero attached hydrogens (tertiary/aromatic N) is 3. The zero-order chi connectivity index (χ0) is 45.9. The third-order valence-electron chi connectivity index (χ3n) is 14.7. The van der Waals surface area contributed by atoms with Gasteiger partial charge in [0.25, 0.3) is 0 Å². The van der Waals surface area contributed by atoms with Crippen molar-refractivity contribution in [3.8, 4) is 39.4 Å². The first kappa shape index (κ1) is 38.8. The second-order valence-corrected chi connectivity index (χ2v) is 18.4. The highest BCUT2D eigenvalue weighted by molar-refractivity contribution is 6.20. The van der Waals surface area contributed by atoms with E-state index >= 15 is 0 Å². The average molecular weight is 897 g/mol. The van der Waals surface area contributed by atoms with Crippen molar-refractivity contribution in [3.05, 3.63) is 269 Å². The number of rotatable bonds is 5. The molecule has 2 aromatic heterocycles. The van der Waals surface area contributed by atoms with Gasteiger partial charge in [0.1, 0.15) is 34.7 Å². The molecule has 10 aromatic carbocycles. The molecule has 12 aromatic rings. The van der Waals surface area contributed by atoms with Gasteiger partial charge >= 0.3 is 0 Å². The second-order valence-electron chi connectivity index (χ2n) is 18.4. The van der Waals surface area contributed by atoms with Gasteiger partial charge in [0.05, 0.1) is 22.0 Å². The third-order valence-corrected chi connectivity index (χ3v) is 14.7. The van der Waals surface area contributed by atoms with Gasteiger partial charge in [-0.1, -0.05) is 182 Å². The number of benzene rings is 10. The fourth-order valence-electron chi connectivity index (χ4n) is 11.8.